The Bertz CT molecular complexity index is 971. The summed E-state index contributed by atoms with van der Waals surface area (Å²) in [6.45, 7) is 3.40. The minimum atomic E-state index is -0.387. The third-order valence-electron chi connectivity index (χ3n) is 5.41. The van der Waals surface area contributed by atoms with Crippen molar-refractivity contribution in [2.24, 2.45) is 5.92 Å². The second-order valence-electron chi connectivity index (χ2n) is 7.40. The average Bonchev–Trinajstić information content (AvgIpc) is 2.96. The van der Waals surface area contributed by atoms with E-state index < -0.39 is 0 Å². The van der Waals surface area contributed by atoms with Crippen LogP contribution in [-0.4, -0.2) is 46.5 Å². The van der Waals surface area contributed by atoms with Gasteiger partial charge in [0, 0.05) is 13.1 Å². The summed E-state index contributed by atoms with van der Waals surface area (Å²) in [5.74, 6) is 0.0761. The predicted molar refractivity (Wildman–Crippen MR) is 112 cm³/mol. The van der Waals surface area contributed by atoms with Crippen LogP contribution in [0.15, 0.2) is 47.4 Å². The van der Waals surface area contributed by atoms with Crippen molar-refractivity contribution in [3.8, 4) is 0 Å². The summed E-state index contributed by atoms with van der Waals surface area (Å²) in [7, 11) is 0. The first kappa shape index (κ1) is 18.7. The van der Waals surface area contributed by atoms with Gasteiger partial charge in [-0.1, -0.05) is 49.4 Å². The molecule has 2 heterocycles. The summed E-state index contributed by atoms with van der Waals surface area (Å²) in [4.78, 5) is 40.9. The van der Waals surface area contributed by atoms with Crippen LogP contribution in [-0.2, 0) is 9.59 Å². The molecule has 2 fully saturated rings. The molecule has 6 heteroatoms. The Kier molecular flexibility index (Phi) is 5.22. The molecule has 2 saturated heterocycles. The Morgan fingerprint density at radius 1 is 1.11 bits per heavy atom. The van der Waals surface area contributed by atoms with Crippen molar-refractivity contribution in [3.63, 3.8) is 0 Å². The van der Waals surface area contributed by atoms with E-state index in [1.807, 2.05) is 42.5 Å². The van der Waals surface area contributed by atoms with E-state index in [0.717, 1.165) is 45.8 Å². The smallest absolute Gasteiger partial charge is 0.294 e. The lowest BCUT2D eigenvalue weighted by Gasteiger charge is -2.31. The van der Waals surface area contributed by atoms with Crippen LogP contribution in [0.3, 0.4) is 0 Å². The van der Waals surface area contributed by atoms with Crippen molar-refractivity contribution in [1.29, 1.82) is 0 Å². The van der Waals surface area contributed by atoms with Gasteiger partial charge in [0.2, 0.25) is 5.91 Å². The molecule has 0 saturated carbocycles. The summed E-state index contributed by atoms with van der Waals surface area (Å²) < 4.78 is 0. The van der Waals surface area contributed by atoms with Crippen molar-refractivity contribution in [3.05, 3.63) is 52.9 Å². The summed E-state index contributed by atoms with van der Waals surface area (Å²) in [6.07, 6.45) is 3.68. The van der Waals surface area contributed by atoms with Crippen LogP contribution < -0.4 is 0 Å². The Hall–Kier alpha value is -2.60. The Labute approximate surface area is 168 Å². The van der Waals surface area contributed by atoms with E-state index in [4.69, 9.17) is 0 Å². The molecule has 2 aliphatic heterocycles. The molecule has 28 heavy (non-hydrogen) atoms. The molecule has 144 valence electrons. The zero-order valence-corrected chi connectivity index (χ0v) is 16.6. The molecule has 0 atom stereocenters. The van der Waals surface area contributed by atoms with Crippen LogP contribution in [0, 0.1) is 5.92 Å². The lowest BCUT2D eigenvalue weighted by atomic mass is 9.99. The normalized spacial score (nSPS) is 19.8. The lowest BCUT2D eigenvalue weighted by molar-refractivity contribution is -0.136. The number of nitrogens with zero attached hydrogens (tertiary/aromatic N) is 2. The van der Waals surface area contributed by atoms with Gasteiger partial charge in [-0.2, -0.15) is 0 Å². The number of carbonyl (C=O) groups excluding carboxylic acids is 3. The quantitative estimate of drug-likeness (QED) is 0.735. The van der Waals surface area contributed by atoms with Gasteiger partial charge in [0.1, 0.15) is 6.54 Å². The fraction of sp³-hybridized carbons (Fsp3) is 0.318. The van der Waals surface area contributed by atoms with Crippen LogP contribution in [0.4, 0.5) is 4.79 Å². The van der Waals surface area contributed by atoms with Gasteiger partial charge in [-0.3, -0.25) is 19.3 Å². The fourth-order valence-electron chi connectivity index (χ4n) is 3.65. The number of fused-ring (bicyclic) bond motifs is 1. The van der Waals surface area contributed by atoms with E-state index in [0.29, 0.717) is 23.9 Å². The largest absolute Gasteiger partial charge is 0.341 e. The standard InChI is InChI=1S/C22H22N2O3S/c1-15-9-11-23(12-10-15)20(25)14-24-21(26)19(28-22(24)27)13-17-7-4-6-16-5-2-3-8-18(16)17/h2-8,13,15H,9-12,14H2,1H3/b19-13+. The first-order valence-corrected chi connectivity index (χ1v) is 10.4. The molecule has 0 unspecified atom stereocenters. The lowest BCUT2D eigenvalue weighted by Crippen LogP contribution is -2.45. The number of likely N-dealkylation sites (tertiary alicyclic amines) is 1. The molecule has 0 aromatic heterocycles. The molecule has 0 aliphatic carbocycles. The van der Waals surface area contributed by atoms with Gasteiger partial charge in [-0.25, -0.2) is 0 Å². The first-order chi connectivity index (χ1) is 13.5. The average molecular weight is 394 g/mol. The summed E-state index contributed by atoms with van der Waals surface area (Å²) in [6, 6.07) is 13.8. The second kappa shape index (κ2) is 7.80. The summed E-state index contributed by atoms with van der Waals surface area (Å²) >= 11 is 0.902. The zero-order valence-electron chi connectivity index (χ0n) is 15.8. The van der Waals surface area contributed by atoms with Gasteiger partial charge in [0.25, 0.3) is 11.1 Å². The molecule has 2 aromatic carbocycles. The van der Waals surface area contributed by atoms with Crippen LogP contribution >= 0.6 is 11.8 Å². The van der Waals surface area contributed by atoms with Crippen LogP contribution in [0.5, 0.6) is 0 Å². The second-order valence-corrected chi connectivity index (χ2v) is 8.39. The van der Waals surface area contributed by atoms with Gasteiger partial charge >= 0.3 is 0 Å². The fourth-order valence-corrected chi connectivity index (χ4v) is 4.48. The van der Waals surface area contributed by atoms with Gasteiger partial charge in [0.15, 0.2) is 0 Å². The van der Waals surface area contributed by atoms with E-state index in [-0.39, 0.29) is 23.6 Å². The molecule has 5 nitrogen and oxygen atoms in total. The predicted octanol–water partition coefficient (Wildman–Crippen LogP) is 4.13. The van der Waals surface area contributed by atoms with E-state index in [1.165, 1.54) is 0 Å². The Morgan fingerprint density at radius 3 is 2.61 bits per heavy atom. The number of thioether (sulfide) groups is 1. The SMILES string of the molecule is CC1CCN(C(=O)CN2C(=O)S/C(=C/c3cccc4ccccc34)C2=O)CC1. The van der Waals surface area contributed by atoms with E-state index in [9.17, 15) is 14.4 Å². The van der Waals surface area contributed by atoms with E-state index in [1.54, 1.807) is 11.0 Å². The molecule has 2 aliphatic rings. The highest BCUT2D eigenvalue weighted by atomic mass is 32.2. The third-order valence-corrected chi connectivity index (χ3v) is 6.32. The van der Waals surface area contributed by atoms with Crippen LogP contribution in [0.25, 0.3) is 16.8 Å². The molecule has 3 amide bonds. The molecule has 0 N–H and O–H groups in total. The minimum absolute atomic E-state index is 0.152. The minimum Gasteiger partial charge on any atom is -0.341 e. The van der Waals surface area contributed by atoms with E-state index >= 15 is 0 Å². The molecule has 0 spiro atoms. The van der Waals surface area contributed by atoms with E-state index in [2.05, 4.69) is 6.92 Å². The molecule has 4 rings (SSSR count). The van der Waals surface area contributed by atoms with Crippen LogP contribution in [0.1, 0.15) is 25.3 Å². The summed E-state index contributed by atoms with van der Waals surface area (Å²) in [5, 5.41) is 1.72. The third kappa shape index (κ3) is 3.69. The Balaban J connectivity index is 1.52. The number of benzene rings is 2. The van der Waals surface area contributed by atoms with Gasteiger partial charge in [-0.15, -0.1) is 0 Å². The molecule has 2 aromatic rings. The molecular weight excluding hydrogens is 372 g/mol. The maximum absolute atomic E-state index is 12.8. The molecular formula is C22H22N2O3S. The topological polar surface area (TPSA) is 57.7 Å². The van der Waals surface area contributed by atoms with Crippen molar-refractivity contribution < 1.29 is 14.4 Å². The maximum atomic E-state index is 12.8. The number of piperidine rings is 1. The maximum Gasteiger partial charge on any atom is 0.294 e. The highest BCUT2D eigenvalue weighted by molar-refractivity contribution is 8.18. The first-order valence-electron chi connectivity index (χ1n) is 9.54. The number of imide groups is 1. The number of rotatable bonds is 3. The van der Waals surface area contributed by atoms with Crippen molar-refractivity contribution in [2.75, 3.05) is 19.6 Å². The highest BCUT2D eigenvalue weighted by Gasteiger charge is 2.37. The number of hydrogen-bond acceptors (Lipinski definition) is 4. The van der Waals surface area contributed by atoms with Crippen LogP contribution in [0.2, 0.25) is 0 Å². The number of amides is 3. The monoisotopic (exact) mass is 394 g/mol. The molecule has 0 radical (unpaired) electrons. The highest BCUT2D eigenvalue weighted by Crippen LogP contribution is 2.33. The number of carbonyl (C=O) groups is 3. The van der Waals surface area contributed by atoms with Gasteiger partial charge in [-0.05, 0) is 52.9 Å². The number of hydrogen-bond donors (Lipinski definition) is 0. The molecule has 0 bridgehead atoms. The van der Waals surface area contributed by atoms with Crippen molar-refractivity contribution >= 4 is 45.7 Å². The zero-order chi connectivity index (χ0) is 19.7. The van der Waals surface area contributed by atoms with Gasteiger partial charge in [0.05, 0.1) is 4.91 Å². The summed E-state index contributed by atoms with van der Waals surface area (Å²) in [5.41, 5.74) is 0.889. The Morgan fingerprint density at radius 2 is 1.82 bits per heavy atom. The van der Waals surface area contributed by atoms with Gasteiger partial charge < -0.3 is 4.90 Å². The van der Waals surface area contributed by atoms with Crippen molar-refractivity contribution in [1.82, 2.24) is 9.80 Å². The van der Waals surface area contributed by atoms with Crippen molar-refractivity contribution in [2.45, 2.75) is 19.8 Å².